The molecule has 0 saturated carbocycles. The first kappa shape index (κ1) is 16.9. The van der Waals surface area contributed by atoms with Crippen LogP contribution in [0.3, 0.4) is 0 Å². The van der Waals surface area contributed by atoms with Crippen molar-refractivity contribution in [2.45, 2.75) is 6.18 Å². The van der Waals surface area contributed by atoms with Crippen LogP contribution in [0.15, 0.2) is 42.5 Å². The predicted octanol–water partition coefficient (Wildman–Crippen LogP) is 3.65. The third kappa shape index (κ3) is 4.34. The van der Waals surface area contributed by atoms with Gasteiger partial charge in [0.1, 0.15) is 19.0 Å². The van der Waals surface area contributed by atoms with Gasteiger partial charge in [-0.3, -0.25) is 4.79 Å². The van der Waals surface area contributed by atoms with Crippen LogP contribution in [0.25, 0.3) is 0 Å². The van der Waals surface area contributed by atoms with E-state index in [1.54, 1.807) is 18.2 Å². The van der Waals surface area contributed by atoms with Crippen molar-refractivity contribution in [1.82, 2.24) is 0 Å². The molecule has 0 radical (unpaired) electrons. The minimum Gasteiger partial charge on any atom is -0.486 e. The van der Waals surface area contributed by atoms with Gasteiger partial charge in [0.15, 0.2) is 18.1 Å². The predicted molar refractivity (Wildman–Crippen MR) is 83.4 cm³/mol. The molecule has 0 bridgehead atoms. The Hall–Kier alpha value is -2.90. The number of benzene rings is 2. The average Bonchev–Trinajstić information content (AvgIpc) is 2.60. The number of rotatable bonds is 4. The summed E-state index contributed by atoms with van der Waals surface area (Å²) in [5, 5.41) is 2.54. The van der Waals surface area contributed by atoms with Crippen LogP contribution in [0.1, 0.15) is 10.4 Å². The second-order valence-electron chi connectivity index (χ2n) is 5.21. The van der Waals surface area contributed by atoms with E-state index in [0.717, 1.165) is 0 Å². The van der Waals surface area contributed by atoms with Crippen molar-refractivity contribution >= 4 is 11.6 Å². The summed E-state index contributed by atoms with van der Waals surface area (Å²) in [5.74, 6) is 0.419. The van der Waals surface area contributed by atoms with Gasteiger partial charge in [-0.1, -0.05) is 12.1 Å². The Morgan fingerprint density at radius 3 is 2.56 bits per heavy atom. The molecule has 1 aliphatic rings. The summed E-state index contributed by atoms with van der Waals surface area (Å²) in [7, 11) is 0. The Balaban J connectivity index is 1.75. The molecular formula is C17H14F3NO4. The van der Waals surface area contributed by atoms with Gasteiger partial charge in [0.2, 0.25) is 0 Å². The van der Waals surface area contributed by atoms with E-state index in [-0.39, 0.29) is 17.0 Å². The van der Waals surface area contributed by atoms with Crippen molar-refractivity contribution in [3.05, 3.63) is 48.0 Å². The molecule has 0 spiro atoms. The SMILES string of the molecule is O=C(Nc1ccccc1OCC(F)(F)F)c1ccc2c(c1)OCCO2. The molecule has 8 heteroatoms. The van der Waals surface area contributed by atoms with Gasteiger partial charge in [-0.2, -0.15) is 13.2 Å². The van der Waals surface area contributed by atoms with Crippen molar-refractivity contribution in [1.29, 1.82) is 0 Å². The van der Waals surface area contributed by atoms with Gasteiger partial charge in [0.25, 0.3) is 5.91 Å². The number of carbonyl (C=O) groups is 1. The monoisotopic (exact) mass is 353 g/mol. The number of ether oxygens (including phenoxy) is 3. The molecule has 2 aromatic rings. The topological polar surface area (TPSA) is 56.8 Å². The van der Waals surface area contributed by atoms with Crippen molar-refractivity contribution in [3.8, 4) is 17.2 Å². The lowest BCUT2D eigenvalue weighted by Gasteiger charge is -2.19. The van der Waals surface area contributed by atoms with Crippen LogP contribution in [0.5, 0.6) is 17.2 Å². The van der Waals surface area contributed by atoms with E-state index in [1.807, 2.05) is 0 Å². The van der Waals surface area contributed by atoms with Crippen LogP contribution < -0.4 is 19.5 Å². The number of alkyl halides is 3. The third-order valence-corrected chi connectivity index (χ3v) is 3.33. The normalized spacial score (nSPS) is 13.2. The molecule has 1 N–H and O–H groups in total. The molecule has 0 fully saturated rings. The van der Waals surface area contributed by atoms with E-state index in [4.69, 9.17) is 14.2 Å². The van der Waals surface area contributed by atoms with Gasteiger partial charge in [0.05, 0.1) is 5.69 Å². The van der Waals surface area contributed by atoms with Crippen molar-refractivity contribution < 1.29 is 32.2 Å². The van der Waals surface area contributed by atoms with Crippen LogP contribution in [0.4, 0.5) is 18.9 Å². The lowest BCUT2D eigenvalue weighted by atomic mass is 10.1. The van der Waals surface area contributed by atoms with Gasteiger partial charge < -0.3 is 19.5 Å². The molecule has 1 heterocycles. The number of fused-ring (bicyclic) bond motifs is 1. The fraction of sp³-hybridized carbons (Fsp3) is 0.235. The minimum atomic E-state index is -4.47. The molecule has 0 aliphatic carbocycles. The second-order valence-corrected chi connectivity index (χ2v) is 5.21. The number of nitrogens with one attached hydrogen (secondary N) is 1. The summed E-state index contributed by atoms with van der Waals surface area (Å²) >= 11 is 0. The summed E-state index contributed by atoms with van der Waals surface area (Å²) in [6.45, 7) is -0.626. The quantitative estimate of drug-likeness (QED) is 0.912. The third-order valence-electron chi connectivity index (χ3n) is 3.33. The highest BCUT2D eigenvalue weighted by atomic mass is 19.4. The number of hydrogen-bond acceptors (Lipinski definition) is 4. The summed E-state index contributed by atoms with van der Waals surface area (Å²) in [6, 6.07) is 10.6. The molecule has 5 nitrogen and oxygen atoms in total. The van der Waals surface area contributed by atoms with E-state index in [2.05, 4.69) is 5.32 Å². The maximum absolute atomic E-state index is 12.4. The van der Waals surface area contributed by atoms with Gasteiger partial charge >= 0.3 is 6.18 Å². The first-order valence-corrected chi connectivity index (χ1v) is 7.42. The number of anilines is 1. The first-order valence-electron chi connectivity index (χ1n) is 7.42. The zero-order valence-electron chi connectivity index (χ0n) is 12.9. The Morgan fingerprint density at radius 2 is 1.80 bits per heavy atom. The maximum Gasteiger partial charge on any atom is 0.422 e. The Kier molecular flexibility index (Phi) is 4.69. The highest BCUT2D eigenvalue weighted by Gasteiger charge is 2.29. The zero-order chi connectivity index (χ0) is 17.9. The van der Waals surface area contributed by atoms with Crippen molar-refractivity contribution in [2.75, 3.05) is 25.1 Å². The van der Waals surface area contributed by atoms with Crippen LogP contribution in [-0.4, -0.2) is 31.9 Å². The lowest BCUT2D eigenvalue weighted by molar-refractivity contribution is -0.153. The number of halogens is 3. The van der Waals surface area contributed by atoms with Crippen molar-refractivity contribution in [3.63, 3.8) is 0 Å². The minimum absolute atomic E-state index is 0.0641. The Morgan fingerprint density at radius 1 is 1.08 bits per heavy atom. The zero-order valence-corrected chi connectivity index (χ0v) is 12.9. The Labute approximate surface area is 141 Å². The summed E-state index contributed by atoms with van der Waals surface area (Å²) in [4.78, 5) is 12.4. The molecule has 132 valence electrons. The van der Waals surface area contributed by atoms with E-state index in [9.17, 15) is 18.0 Å². The van der Waals surface area contributed by atoms with E-state index < -0.39 is 18.7 Å². The maximum atomic E-state index is 12.4. The summed E-state index contributed by atoms with van der Waals surface area (Å²) in [6.07, 6.45) is -4.47. The van der Waals surface area contributed by atoms with Crippen LogP contribution in [0, 0.1) is 0 Å². The van der Waals surface area contributed by atoms with Gasteiger partial charge in [-0.25, -0.2) is 0 Å². The number of para-hydroxylation sites is 2. The highest BCUT2D eigenvalue weighted by molar-refractivity contribution is 6.05. The number of hydrogen-bond donors (Lipinski definition) is 1. The molecule has 2 aromatic carbocycles. The molecule has 3 rings (SSSR count). The van der Waals surface area contributed by atoms with Gasteiger partial charge in [-0.05, 0) is 30.3 Å². The molecule has 1 amide bonds. The smallest absolute Gasteiger partial charge is 0.422 e. The average molecular weight is 353 g/mol. The van der Waals surface area contributed by atoms with Crippen LogP contribution in [-0.2, 0) is 0 Å². The summed E-state index contributed by atoms with van der Waals surface area (Å²) in [5.41, 5.74) is 0.432. The molecule has 0 aromatic heterocycles. The van der Waals surface area contributed by atoms with Crippen LogP contribution in [0.2, 0.25) is 0 Å². The first-order chi connectivity index (χ1) is 11.9. The highest BCUT2D eigenvalue weighted by Crippen LogP contribution is 2.32. The van der Waals surface area contributed by atoms with E-state index in [0.29, 0.717) is 24.7 Å². The van der Waals surface area contributed by atoms with E-state index in [1.165, 1.54) is 24.3 Å². The second kappa shape index (κ2) is 6.92. The lowest BCUT2D eigenvalue weighted by Crippen LogP contribution is -2.20. The molecular weight excluding hydrogens is 339 g/mol. The molecule has 1 aliphatic heterocycles. The number of amides is 1. The summed E-state index contributed by atoms with van der Waals surface area (Å²) < 4.78 is 52.5. The fourth-order valence-corrected chi connectivity index (χ4v) is 2.23. The molecule has 0 atom stereocenters. The Bertz CT molecular complexity index is 777. The van der Waals surface area contributed by atoms with Crippen molar-refractivity contribution in [2.24, 2.45) is 0 Å². The van der Waals surface area contributed by atoms with Gasteiger partial charge in [0, 0.05) is 5.56 Å². The standard InChI is InChI=1S/C17H14F3NO4/c18-17(19,20)10-25-13-4-2-1-3-12(13)21-16(22)11-5-6-14-15(9-11)24-8-7-23-14/h1-6,9H,7-8,10H2,(H,21,22). The molecule has 0 unspecified atom stereocenters. The van der Waals surface area contributed by atoms with E-state index >= 15 is 0 Å². The number of carbonyl (C=O) groups excluding carboxylic acids is 1. The molecule has 25 heavy (non-hydrogen) atoms. The largest absolute Gasteiger partial charge is 0.486 e. The molecule has 0 saturated heterocycles. The van der Waals surface area contributed by atoms with Gasteiger partial charge in [-0.15, -0.1) is 0 Å². The fourth-order valence-electron chi connectivity index (χ4n) is 2.23. The van der Waals surface area contributed by atoms with Crippen LogP contribution >= 0.6 is 0 Å².